The van der Waals surface area contributed by atoms with Crippen LogP contribution in [0.5, 0.6) is 5.75 Å². The van der Waals surface area contributed by atoms with Gasteiger partial charge in [0, 0.05) is 23.9 Å². The van der Waals surface area contributed by atoms with Crippen LogP contribution in [0, 0.1) is 12.8 Å². The van der Waals surface area contributed by atoms with Crippen LogP contribution in [0.15, 0.2) is 18.2 Å². The number of fused-ring (bicyclic) bond motifs is 1. The second kappa shape index (κ2) is 8.74. The SMILES string of the molecule is COC(=O)CN(C)C(=O)[C@H]1C[C@H](NC(=O)c2[nH]c3ccc(OC)cc3c2C)[C@@H](O)C1. The molecule has 3 atom stereocenters. The van der Waals surface area contributed by atoms with Gasteiger partial charge >= 0.3 is 5.97 Å². The lowest BCUT2D eigenvalue weighted by molar-refractivity contribution is -0.147. The molecule has 162 valence electrons. The number of aromatic amines is 1. The fourth-order valence-corrected chi connectivity index (χ4v) is 3.92. The van der Waals surface area contributed by atoms with E-state index in [9.17, 15) is 19.5 Å². The fraction of sp³-hybridized carbons (Fsp3) is 0.476. The summed E-state index contributed by atoms with van der Waals surface area (Å²) >= 11 is 0. The summed E-state index contributed by atoms with van der Waals surface area (Å²) in [6.45, 7) is 1.68. The molecule has 0 bridgehead atoms. The first kappa shape index (κ1) is 21.6. The number of benzene rings is 1. The predicted octanol–water partition coefficient (Wildman–Crippen LogP) is 0.986. The van der Waals surface area contributed by atoms with Gasteiger partial charge in [-0.25, -0.2) is 0 Å². The van der Waals surface area contributed by atoms with Crippen LogP contribution in [0.25, 0.3) is 10.9 Å². The van der Waals surface area contributed by atoms with Gasteiger partial charge in [-0.1, -0.05) is 0 Å². The monoisotopic (exact) mass is 417 g/mol. The number of aromatic nitrogens is 1. The van der Waals surface area contributed by atoms with Crippen LogP contribution < -0.4 is 10.1 Å². The van der Waals surface area contributed by atoms with Gasteiger partial charge in [-0.05, 0) is 43.5 Å². The number of H-pyrrole nitrogens is 1. The number of aliphatic hydroxyl groups is 1. The van der Waals surface area contributed by atoms with Gasteiger partial charge in [0.05, 0.1) is 26.4 Å². The zero-order valence-corrected chi connectivity index (χ0v) is 17.5. The Hall–Kier alpha value is -3.07. The number of esters is 1. The first-order valence-electron chi connectivity index (χ1n) is 9.72. The Bertz CT molecular complexity index is 969. The highest BCUT2D eigenvalue weighted by Crippen LogP contribution is 2.29. The van der Waals surface area contributed by atoms with Crippen molar-refractivity contribution in [2.24, 2.45) is 5.92 Å². The van der Waals surface area contributed by atoms with Crippen molar-refractivity contribution in [1.29, 1.82) is 0 Å². The Morgan fingerprint density at radius 2 is 2.00 bits per heavy atom. The van der Waals surface area contributed by atoms with Crippen LogP contribution in [0.4, 0.5) is 0 Å². The number of hydrogen-bond donors (Lipinski definition) is 3. The molecule has 1 fully saturated rings. The molecule has 3 N–H and O–H groups in total. The fourth-order valence-electron chi connectivity index (χ4n) is 3.92. The van der Waals surface area contributed by atoms with E-state index in [1.54, 1.807) is 7.11 Å². The number of nitrogens with one attached hydrogen (secondary N) is 2. The lowest BCUT2D eigenvalue weighted by Crippen LogP contribution is -2.40. The van der Waals surface area contributed by atoms with E-state index in [1.165, 1.54) is 19.1 Å². The number of ether oxygens (including phenoxy) is 2. The number of carbonyl (C=O) groups is 3. The second-order valence-corrected chi connectivity index (χ2v) is 7.62. The average Bonchev–Trinajstić information content (AvgIpc) is 3.26. The number of hydrogen-bond acceptors (Lipinski definition) is 6. The molecule has 1 aromatic carbocycles. The van der Waals surface area contributed by atoms with E-state index in [0.29, 0.717) is 17.9 Å². The minimum Gasteiger partial charge on any atom is -0.497 e. The topological polar surface area (TPSA) is 121 Å². The van der Waals surface area contributed by atoms with Gasteiger partial charge in [-0.15, -0.1) is 0 Å². The Morgan fingerprint density at radius 3 is 2.67 bits per heavy atom. The molecule has 1 aliphatic carbocycles. The summed E-state index contributed by atoms with van der Waals surface area (Å²) in [5, 5.41) is 14.1. The van der Waals surface area contributed by atoms with Crippen molar-refractivity contribution < 1.29 is 29.0 Å². The number of carbonyl (C=O) groups excluding carboxylic acids is 3. The van der Waals surface area contributed by atoms with Crippen LogP contribution in [0.3, 0.4) is 0 Å². The van der Waals surface area contributed by atoms with E-state index in [2.05, 4.69) is 15.0 Å². The maximum Gasteiger partial charge on any atom is 0.325 e. The van der Waals surface area contributed by atoms with E-state index >= 15 is 0 Å². The predicted molar refractivity (Wildman–Crippen MR) is 109 cm³/mol. The summed E-state index contributed by atoms with van der Waals surface area (Å²) in [6.07, 6.45) is -0.332. The normalized spacial score (nSPS) is 20.8. The van der Waals surface area contributed by atoms with Gasteiger partial charge in [0.1, 0.15) is 18.0 Å². The molecule has 0 aliphatic heterocycles. The number of methoxy groups -OCH3 is 2. The van der Waals surface area contributed by atoms with Gasteiger partial charge in [0.2, 0.25) is 5.91 Å². The standard InChI is InChI=1S/C21H27N3O6/c1-11-14-9-13(29-3)5-6-15(14)22-19(11)20(27)23-16-7-12(8-17(16)25)21(28)24(2)10-18(26)30-4/h5-6,9,12,16-17,22,25H,7-8,10H2,1-4H3,(H,23,27)/t12-,16-,17-/m0/s1. The average molecular weight is 417 g/mol. The largest absolute Gasteiger partial charge is 0.497 e. The Labute approximate surface area is 174 Å². The van der Waals surface area contributed by atoms with Gasteiger partial charge < -0.3 is 29.8 Å². The molecular weight excluding hydrogens is 390 g/mol. The number of aliphatic hydroxyl groups excluding tert-OH is 1. The molecular formula is C21H27N3O6. The van der Waals surface area contributed by atoms with E-state index in [0.717, 1.165) is 16.5 Å². The van der Waals surface area contributed by atoms with Crippen LogP contribution in [0.2, 0.25) is 0 Å². The van der Waals surface area contributed by atoms with E-state index in [1.807, 2.05) is 25.1 Å². The van der Waals surface area contributed by atoms with Crippen molar-refractivity contribution in [1.82, 2.24) is 15.2 Å². The zero-order valence-electron chi connectivity index (χ0n) is 17.5. The molecule has 0 saturated heterocycles. The van der Waals surface area contributed by atoms with Crippen LogP contribution in [-0.2, 0) is 14.3 Å². The molecule has 1 aromatic heterocycles. The molecule has 1 aliphatic rings. The summed E-state index contributed by atoms with van der Waals surface area (Å²) in [4.78, 5) is 41.2. The Kier molecular flexibility index (Phi) is 6.31. The molecule has 0 spiro atoms. The molecule has 1 heterocycles. The number of aryl methyl sites for hydroxylation is 1. The third kappa shape index (κ3) is 4.25. The summed E-state index contributed by atoms with van der Waals surface area (Å²) in [7, 11) is 4.35. The minimum absolute atomic E-state index is 0.156. The maximum absolute atomic E-state index is 12.8. The highest BCUT2D eigenvalue weighted by Gasteiger charge is 2.39. The van der Waals surface area contributed by atoms with Crippen molar-refractivity contribution in [3.63, 3.8) is 0 Å². The smallest absolute Gasteiger partial charge is 0.325 e. The molecule has 9 heteroatoms. The number of likely N-dealkylation sites (N-methyl/N-ethyl adjacent to an activating group) is 1. The van der Waals surface area contributed by atoms with Crippen LogP contribution in [0.1, 0.15) is 28.9 Å². The number of amides is 2. The van der Waals surface area contributed by atoms with E-state index in [4.69, 9.17) is 4.74 Å². The van der Waals surface area contributed by atoms with Crippen molar-refractivity contribution in [2.75, 3.05) is 27.8 Å². The lowest BCUT2D eigenvalue weighted by atomic mass is 10.1. The van der Waals surface area contributed by atoms with Gasteiger partial charge in [-0.2, -0.15) is 0 Å². The van der Waals surface area contributed by atoms with Gasteiger partial charge in [0.15, 0.2) is 0 Å². The highest BCUT2D eigenvalue weighted by atomic mass is 16.5. The third-order valence-corrected chi connectivity index (χ3v) is 5.66. The molecule has 2 amide bonds. The molecule has 0 radical (unpaired) electrons. The first-order valence-corrected chi connectivity index (χ1v) is 9.72. The van der Waals surface area contributed by atoms with Crippen LogP contribution >= 0.6 is 0 Å². The summed E-state index contributed by atoms with van der Waals surface area (Å²) in [5.41, 5.74) is 1.99. The molecule has 3 rings (SSSR count). The summed E-state index contributed by atoms with van der Waals surface area (Å²) < 4.78 is 9.82. The number of nitrogens with zero attached hydrogens (tertiary/aromatic N) is 1. The van der Waals surface area contributed by atoms with Crippen molar-refractivity contribution >= 4 is 28.7 Å². The van der Waals surface area contributed by atoms with Gasteiger partial charge in [-0.3, -0.25) is 14.4 Å². The third-order valence-electron chi connectivity index (χ3n) is 5.66. The van der Waals surface area contributed by atoms with Crippen LogP contribution in [-0.4, -0.2) is 72.7 Å². The summed E-state index contributed by atoms with van der Waals surface area (Å²) in [6, 6.07) is 4.95. The molecule has 9 nitrogen and oxygen atoms in total. The van der Waals surface area contributed by atoms with Crippen molar-refractivity contribution in [3.05, 3.63) is 29.5 Å². The molecule has 1 saturated carbocycles. The first-order chi connectivity index (χ1) is 14.2. The highest BCUT2D eigenvalue weighted by molar-refractivity contribution is 6.01. The molecule has 0 unspecified atom stereocenters. The quantitative estimate of drug-likeness (QED) is 0.603. The van der Waals surface area contributed by atoms with Gasteiger partial charge in [0.25, 0.3) is 5.91 Å². The second-order valence-electron chi connectivity index (χ2n) is 7.62. The Morgan fingerprint density at radius 1 is 1.27 bits per heavy atom. The molecule has 30 heavy (non-hydrogen) atoms. The lowest BCUT2D eigenvalue weighted by Gasteiger charge is -2.20. The minimum atomic E-state index is -0.848. The number of rotatable bonds is 6. The Balaban J connectivity index is 1.68. The summed E-state index contributed by atoms with van der Waals surface area (Å²) in [5.74, 6) is -0.902. The van der Waals surface area contributed by atoms with Crippen molar-refractivity contribution in [3.8, 4) is 5.75 Å². The van der Waals surface area contributed by atoms with E-state index < -0.39 is 24.0 Å². The van der Waals surface area contributed by atoms with E-state index in [-0.39, 0.29) is 24.8 Å². The molecule has 2 aromatic rings. The zero-order chi connectivity index (χ0) is 22.0. The maximum atomic E-state index is 12.8. The van der Waals surface area contributed by atoms with Crippen molar-refractivity contribution in [2.45, 2.75) is 31.9 Å².